The van der Waals surface area contributed by atoms with E-state index >= 15 is 0 Å². The number of likely N-dealkylation sites (N-methyl/N-ethyl adjacent to an activating group) is 1. The number of nitrogens with one attached hydrogen (secondary N) is 1. The van der Waals surface area contributed by atoms with Gasteiger partial charge in [0.05, 0.1) is 11.4 Å². The molecule has 1 aliphatic rings. The van der Waals surface area contributed by atoms with Crippen LogP contribution in [0.3, 0.4) is 0 Å². The Balaban J connectivity index is 2.06. The highest BCUT2D eigenvalue weighted by Crippen LogP contribution is 2.15. The fourth-order valence-corrected chi connectivity index (χ4v) is 3.25. The van der Waals surface area contributed by atoms with Gasteiger partial charge in [0.25, 0.3) is 5.91 Å². The van der Waals surface area contributed by atoms with E-state index in [1.54, 1.807) is 19.0 Å². The van der Waals surface area contributed by atoms with Crippen LogP contribution in [0, 0.1) is 0 Å². The first-order valence-electron chi connectivity index (χ1n) is 7.40. The summed E-state index contributed by atoms with van der Waals surface area (Å²) in [4.78, 5) is 26.8. The lowest BCUT2D eigenvalue weighted by Gasteiger charge is -2.15. The summed E-state index contributed by atoms with van der Waals surface area (Å²) >= 11 is 0. The molecular weight excluding hydrogens is 318 g/mol. The van der Waals surface area contributed by atoms with Crippen LogP contribution in [-0.2, 0) is 14.8 Å². The van der Waals surface area contributed by atoms with E-state index in [9.17, 15) is 18.0 Å². The number of rotatable bonds is 5. The van der Waals surface area contributed by atoms with Crippen LogP contribution in [0.4, 0.5) is 0 Å². The second-order valence-corrected chi connectivity index (χ2v) is 7.40. The van der Waals surface area contributed by atoms with Gasteiger partial charge in [0.15, 0.2) is 0 Å². The van der Waals surface area contributed by atoms with E-state index in [4.69, 9.17) is 0 Å². The van der Waals surface area contributed by atoms with Crippen LogP contribution in [-0.4, -0.2) is 63.8 Å². The quantitative estimate of drug-likeness (QED) is 0.835. The number of carbonyl (C=O) groups is 2. The summed E-state index contributed by atoms with van der Waals surface area (Å²) in [7, 11) is -0.671. The van der Waals surface area contributed by atoms with Gasteiger partial charge in [-0.25, -0.2) is 13.1 Å². The van der Waals surface area contributed by atoms with E-state index in [0.717, 1.165) is 25.9 Å². The number of hydrogen-bond donors (Lipinski definition) is 1. The summed E-state index contributed by atoms with van der Waals surface area (Å²) in [5.41, 5.74) is 0.468. The van der Waals surface area contributed by atoms with Crippen LogP contribution in [0.5, 0.6) is 0 Å². The van der Waals surface area contributed by atoms with Crippen molar-refractivity contribution in [2.75, 3.05) is 33.7 Å². The Morgan fingerprint density at radius 2 is 1.70 bits per heavy atom. The zero-order valence-corrected chi connectivity index (χ0v) is 14.1. The molecule has 7 nitrogen and oxygen atoms in total. The third-order valence-corrected chi connectivity index (χ3v) is 5.13. The Labute approximate surface area is 136 Å². The molecule has 0 atom stereocenters. The highest BCUT2D eigenvalue weighted by Gasteiger charge is 2.21. The number of nitrogens with zero attached hydrogens (tertiary/aromatic N) is 2. The molecule has 23 heavy (non-hydrogen) atoms. The van der Waals surface area contributed by atoms with Crippen molar-refractivity contribution >= 4 is 21.8 Å². The highest BCUT2D eigenvalue weighted by molar-refractivity contribution is 7.89. The fourth-order valence-electron chi connectivity index (χ4n) is 2.28. The number of likely N-dealkylation sites (tertiary alicyclic amines) is 1. The van der Waals surface area contributed by atoms with E-state index < -0.39 is 10.0 Å². The Kier molecular flexibility index (Phi) is 5.38. The molecule has 0 bridgehead atoms. The topological polar surface area (TPSA) is 86.8 Å². The van der Waals surface area contributed by atoms with E-state index in [1.165, 1.54) is 29.2 Å². The molecule has 1 aromatic carbocycles. The molecule has 1 aliphatic heterocycles. The number of sulfonamides is 1. The van der Waals surface area contributed by atoms with Gasteiger partial charge in [0.2, 0.25) is 15.9 Å². The number of benzene rings is 1. The second-order valence-electron chi connectivity index (χ2n) is 5.64. The third-order valence-electron chi connectivity index (χ3n) is 3.72. The van der Waals surface area contributed by atoms with Gasteiger partial charge >= 0.3 is 0 Å². The van der Waals surface area contributed by atoms with Gasteiger partial charge in [-0.05, 0) is 37.1 Å². The second kappa shape index (κ2) is 7.10. The van der Waals surface area contributed by atoms with Gasteiger partial charge < -0.3 is 9.80 Å². The molecule has 1 fully saturated rings. The molecule has 1 N–H and O–H groups in total. The molecule has 0 saturated carbocycles. The molecule has 0 unspecified atom stereocenters. The van der Waals surface area contributed by atoms with Crippen molar-refractivity contribution in [3.05, 3.63) is 29.8 Å². The van der Waals surface area contributed by atoms with Crippen LogP contribution in [0.25, 0.3) is 0 Å². The van der Waals surface area contributed by atoms with Crippen LogP contribution in [0.1, 0.15) is 23.2 Å². The minimum atomic E-state index is -3.77. The van der Waals surface area contributed by atoms with Crippen molar-refractivity contribution in [2.24, 2.45) is 0 Å². The number of carbonyl (C=O) groups excluding carboxylic acids is 2. The monoisotopic (exact) mass is 339 g/mol. The summed E-state index contributed by atoms with van der Waals surface area (Å²) in [6.45, 7) is 1.18. The van der Waals surface area contributed by atoms with Crippen LogP contribution < -0.4 is 4.72 Å². The van der Waals surface area contributed by atoms with Crippen molar-refractivity contribution in [3.8, 4) is 0 Å². The maximum absolute atomic E-state index is 12.2. The molecule has 1 heterocycles. The van der Waals surface area contributed by atoms with Crippen LogP contribution in [0.2, 0.25) is 0 Å². The van der Waals surface area contributed by atoms with Crippen molar-refractivity contribution in [3.63, 3.8) is 0 Å². The summed E-state index contributed by atoms with van der Waals surface area (Å²) in [5, 5.41) is 0. The predicted molar refractivity (Wildman–Crippen MR) is 85.5 cm³/mol. The molecule has 0 aromatic heterocycles. The van der Waals surface area contributed by atoms with Gasteiger partial charge in [-0.1, -0.05) is 0 Å². The van der Waals surface area contributed by atoms with Gasteiger partial charge in [0.1, 0.15) is 0 Å². The summed E-state index contributed by atoms with van der Waals surface area (Å²) < 4.78 is 26.5. The number of amides is 2. The van der Waals surface area contributed by atoms with E-state index in [1.807, 2.05) is 0 Å². The molecular formula is C15H21N3O4S. The zero-order chi connectivity index (χ0) is 17.0. The summed E-state index contributed by atoms with van der Waals surface area (Å²) in [6.07, 6.45) is 2.00. The zero-order valence-electron chi connectivity index (χ0n) is 13.3. The lowest BCUT2D eigenvalue weighted by molar-refractivity contribution is -0.127. The Morgan fingerprint density at radius 3 is 2.22 bits per heavy atom. The smallest absolute Gasteiger partial charge is 0.253 e. The lowest BCUT2D eigenvalue weighted by atomic mass is 10.2. The van der Waals surface area contributed by atoms with Crippen molar-refractivity contribution in [2.45, 2.75) is 17.7 Å². The Hall–Kier alpha value is -1.93. The van der Waals surface area contributed by atoms with Gasteiger partial charge in [-0.15, -0.1) is 0 Å². The molecule has 2 rings (SSSR count). The molecule has 8 heteroatoms. The molecule has 126 valence electrons. The van der Waals surface area contributed by atoms with Crippen LogP contribution in [0.15, 0.2) is 29.2 Å². The molecule has 1 saturated heterocycles. The van der Waals surface area contributed by atoms with Gasteiger partial charge in [-0.2, -0.15) is 0 Å². The van der Waals surface area contributed by atoms with Gasteiger partial charge in [0, 0.05) is 32.7 Å². The lowest BCUT2D eigenvalue weighted by Crippen LogP contribution is -2.36. The average molecular weight is 339 g/mol. The molecule has 2 amide bonds. The first-order valence-corrected chi connectivity index (χ1v) is 8.89. The minimum absolute atomic E-state index is 0.0297. The predicted octanol–water partition coefficient (Wildman–Crippen LogP) is 0.289. The van der Waals surface area contributed by atoms with Crippen molar-refractivity contribution in [1.29, 1.82) is 0 Å². The van der Waals surface area contributed by atoms with E-state index in [2.05, 4.69) is 4.72 Å². The first kappa shape index (κ1) is 17.4. The summed E-state index contributed by atoms with van der Waals surface area (Å²) in [6, 6.07) is 5.77. The largest absolute Gasteiger partial charge is 0.348 e. The average Bonchev–Trinajstić information content (AvgIpc) is 3.06. The normalized spacial score (nSPS) is 14.8. The summed E-state index contributed by atoms with van der Waals surface area (Å²) in [5.74, 6) is -0.420. The minimum Gasteiger partial charge on any atom is -0.348 e. The standard InChI is InChI=1S/C15H21N3O4S/c1-17(2)14(19)11-16-23(21,22)13-7-5-12(6-8-13)15(20)18-9-3-4-10-18/h5-8,16H,3-4,9-11H2,1-2H3. The molecule has 1 aromatic rings. The molecule has 0 aliphatic carbocycles. The maximum Gasteiger partial charge on any atom is 0.253 e. The fraction of sp³-hybridized carbons (Fsp3) is 0.467. The van der Waals surface area contributed by atoms with Crippen molar-refractivity contribution < 1.29 is 18.0 Å². The Bertz CT molecular complexity index is 677. The van der Waals surface area contributed by atoms with Crippen LogP contribution >= 0.6 is 0 Å². The van der Waals surface area contributed by atoms with Gasteiger partial charge in [-0.3, -0.25) is 9.59 Å². The third kappa shape index (κ3) is 4.29. The highest BCUT2D eigenvalue weighted by atomic mass is 32.2. The Morgan fingerprint density at radius 1 is 1.13 bits per heavy atom. The van der Waals surface area contributed by atoms with E-state index in [-0.39, 0.29) is 23.3 Å². The number of hydrogen-bond acceptors (Lipinski definition) is 4. The maximum atomic E-state index is 12.2. The SMILES string of the molecule is CN(C)C(=O)CNS(=O)(=O)c1ccc(C(=O)N2CCCC2)cc1. The first-order chi connectivity index (χ1) is 10.8. The molecule has 0 spiro atoms. The van der Waals surface area contributed by atoms with Crippen molar-refractivity contribution in [1.82, 2.24) is 14.5 Å². The molecule has 0 radical (unpaired) electrons. The van der Waals surface area contributed by atoms with E-state index in [0.29, 0.717) is 5.56 Å².